The van der Waals surface area contributed by atoms with Gasteiger partial charge in [0, 0.05) is 5.75 Å². The van der Waals surface area contributed by atoms with Gasteiger partial charge in [0.15, 0.2) is 11.4 Å². The van der Waals surface area contributed by atoms with Gasteiger partial charge in [-0.1, -0.05) is 30.3 Å². The maximum atomic E-state index is 10.4. The van der Waals surface area contributed by atoms with Crippen molar-refractivity contribution in [3.8, 4) is 0 Å². The van der Waals surface area contributed by atoms with Crippen LogP contribution in [0.4, 0.5) is 5.69 Å². The van der Waals surface area contributed by atoms with Gasteiger partial charge in [0.2, 0.25) is 5.15 Å². The standard InChI is InChI=1S/C7H7ClN3O2S/c1-2-3-14-7-9-4-5(11(12)13)6(8)10-7/h2-3H2,1H3. The zero-order chi connectivity index (χ0) is 10.6. The molecule has 1 aromatic heterocycles. The molecule has 0 bridgehead atoms. The highest BCUT2D eigenvalue weighted by atomic mass is 35.5. The third-order valence-corrected chi connectivity index (χ3v) is 2.58. The van der Waals surface area contributed by atoms with Crippen LogP contribution in [0.25, 0.3) is 0 Å². The van der Waals surface area contributed by atoms with E-state index in [2.05, 4.69) is 16.2 Å². The summed E-state index contributed by atoms with van der Waals surface area (Å²) in [5, 5.41) is 10.6. The van der Waals surface area contributed by atoms with Crippen LogP contribution in [0.1, 0.15) is 13.3 Å². The molecule has 1 heterocycles. The zero-order valence-electron chi connectivity index (χ0n) is 7.36. The summed E-state index contributed by atoms with van der Waals surface area (Å²) in [6, 6.07) is 0. The van der Waals surface area contributed by atoms with E-state index >= 15 is 0 Å². The van der Waals surface area contributed by atoms with Crippen LogP contribution in [0.3, 0.4) is 0 Å². The van der Waals surface area contributed by atoms with Gasteiger partial charge in [-0.3, -0.25) is 10.1 Å². The van der Waals surface area contributed by atoms with Gasteiger partial charge in [0.1, 0.15) is 0 Å². The van der Waals surface area contributed by atoms with Gasteiger partial charge in [-0.15, -0.1) is 0 Å². The third-order valence-electron chi connectivity index (χ3n) is 1.26. The zero-order valence-corrected chi connectivity index (χ0v) is 8.93. The summed E-state index contributed by atoms with van der Waals surface area (Å²) in [5.74, 6) is 0.849. The monoisotopic (exact) mass is 232 g/mol. The molecule has 0 saturated heterocycles. The number of hydrogen-bond donors (Lipinski definition) is 0. The summed E-state index contributed by atoms with van der Waals surface area (Å²) in [4.78, 5) is 17.2. The SMILES string of the molecule is CCCSc1n[c]c([N+](=O)[O-])c(Cl)n1. The molecule has 0 fully saturated rings. The predicted molar refractivity (Wildman–Crippen MR) is 53.5 cm³/mol. The molecule has 0 spiro atoms. The number of nitrogens with zero attached hydrogens (tertiary/aromatic N) is 3. The molecular formula is C7H7ClN3O2S. The van der Waals surface area contributed by atoms with Gasteiger partial charge in [-0.25, -0.2) is 9.97 Å². The fraction of sp³-hybridized carbons (Fsp3) is 0.429. The van der Waals surface area contributed by atoms with Crippen molar-refractivity contribution in [3.05, 3.63) is 21.5 Å². The second-order valence-corrected chi connectivity index (χ2v) is 3.78. The van der Waals surface area contributed by atoms with E-state index in [1.807, 2.05) is 6.92 Å². The lowest BCUT2D eigenvalue weighted by Gasteiger charge is -1.97. The second kappa shape index (κ2) is 5.11. The van der Waals surface area contributed by atoms with Crippen molar-refractivity contribution in [2.45, 2.75) is 18.5 Å². The average Bonchev–Trinajstić information content (AvgIpc) is 2.14. The molecule has 5 nitrogen and oxygen atoms in total. The fourth-order valence-electron chi connectivity index (χ4n) is 0.683. The quantitative estimate of drug-likeness (QED) is 0.262. The minimum Gasteiger partial charge on any atom is -0.258 e. The van der Waals surface area contributed by atoms with E-state index in [0.29, 0.717) is 5.16 Å². The first-order valence-electron chi connectivity index (χ1n) is 3.87. The second-order valence-electron chi connectivity index (χ2n) is 2.36. The first-order chi connectivity index (χ1) is 6.65. The van der Waals surface area contributed by atoms with E-state index in [0.717, 1.165) is 12.2 Å². The van der Waals surface area contributed by atoms with Gasteiger partial charge in [0.05, 0.1) is 4.92 Å². The molecule has 14 heavy (non-hydrogen) atoms. The average molecular weight is 233 g/mol. The van der Waals surface area contributed by atoms with E-state index < -0.39 is 4.92 Å². The molecule has 0 aliphatic carbocycles. The summed E-state index contributed by atoms with van der Waals surface area (Å²) in [6.45, 7) is 2.02. The first kappa shape index (κ1) is 11.2. The number of hydrogen-bond acceptors (Lipinski definition) is 5. The topological polar surface area (TPSA) is 68.9 Å². The van der Waals surface area contributed by atoms with E-state index in [9.17, 15) is 10.1 Å². The van der Waals surface area contributed by atoms with Crippen LogP contribution in [0, 0.1) is 16.3 Å². The molecule has 7 heteroatoms. The molecule has 0 atom stereocenters. The third kappa shape index (κ3) is 2.81. The Labute approximate surface area is 90.0 Å². The largest absolute Gasteiger partial charge is 0.334 e. The van der Waals surface area contributed by atoms with Crippen LogP contribution in [-0.4, -0.2) is 20.6 Å². The Morgan fingerprint density at radius 3 is 2.93 bits per heavy atom. The molecule has 1 aromatic rings. The van der Waals surface area contributed by atoms with Crippen LogP contribution < -0.4 is 0 Å². The lowest BCUT2D eigenvalue weighted by molar-refractivity contribution is -0.385. The Bertz CT molecular complexity index is 348. The van der Waals surface area contributed by atoms with E-state index in [1.54, 1.807) is 0 Å². The minimum absolute atomic E-state index is 0.163. The predicted octanol–water partition coefficient (Wildman–Crippen LogP) is 2.34. The molecule has 1 rings (SSSR count). The summed E-state index contributed by atoms with van der Waals surface area (Å²) in [6.07, 6.45) is 3.22. The minimum atomic E-state index is -0.656. The Balaban J connectivity index is 2.83. The first-order valence-corrected chi connectivity index (χ1v) is 5.24. The van der Waals surface area contributed by atoms with E-state index in [1.165, 1.54) is 11.8 Å². The van der Waals surface area contributed by atoms with Crippen molar-refractivity contribution in [1.29, 1.82) is 0 Å². The molecule has 0 amide bonds. The maximum absolute atomic E-state index is 10.4. The lowest BCUT2D eigenvalue weighted by atomic mass is 10.6. The molecule has 1 radical (unpaired) electrons. The van der Waals surface area contributed by atoms with Crippen molar-refractivity contribution < 1.29 is 4.92 Å². The van der Waals surface area contributed by atoms with Crippen LogP contribution in [0.2, 0.25) is 5.15 Å². The van der Waals surface area contributed by atoms with Crippen molar-refractivity contribution in [3.63, 3.8) is 0 Å². The van der Waals surface area contributed by atoms with Crippen molar-refractivity contribution in [2.24, 2.45) is 0 Å². The molecule has 75 valence electrons. The summed E-state index contributed by atoms with van der Waals surface area (Å²) >= 11 is 6.96. The number of aromatic nitrogens is 2. The van der Waals surface area contributed by atoms with Crippen molar-refractivity contribution in [2.75, 3.05) is 5.75 Å². The molecular weight excluding hydrogens is 226 g/mol. The number of thioether (sulfide) groups is 1. The van der Waals surface area contributed by atoms with E-state index in [-0.39, 0.29) is 10.8 Å². The van der Waals surface area contributed by atoms with Crippen LogP contribution in [0.15, 0.2) is 5.16 Å². The maximum Gasteiger partial charge on any atom is 0.334 e. The van der Waals surface area contributed by atoms with Crippen molar-refractivity contribution >= 4 is 29.1 Å². The lowest BCUT2D eigenvalue weighted by Crippen LogP contribution is -1.95. The van der Waals surface area contributed by atoms with E-state index in [4.69, 9.17) is 11.6 Å². The number of nitro groups is 1. The molecule has 0 saturated carbocycles. The van der Waals surface area contributed by atoms with Crippen LogP contribution >= 0.6 is 23.4 Å². The van der Waals surface area contributed by atoms with Gasteiger partial charge in [0.25, 0.3) is 0 Å². The molecule has 0 aliphatic rings. The normalized spacial score (nSPS) is 10.1. The van der Waals surface area contributed by atoms with Crippen molar-refractivity contribution in [1.82, 2.24) is 9.97 Å². The highest BCUT2D eigenvalue weighted by Gasteiger charge is 2.15. The Morgan fingerprint density at radius 2 is 2.43 bits per heavy atom. The Hall–Kier alpha value is -0.880. The molecule has 0 unspecified atom stereocenters. The van der Waals surface area contributed by atoms with Gasteiger partial charge in [-0.2, -0.15) is 0 Å². The highest BCUT2D eigenvalue weighted by molar-refractivity contribution is 7.99. The van der Waals surface area contributed by atoms with Gasteiger partial charge in [-0.05, 0) is 6.42 Å². The highest BCUT2D eigenvalue weighted by Crippen LogP contribution is 2.23. The molecule has 0 aliphatic heterocycles. The van der Waals surface area contributed by atoms with Crippen LogP contribution in [-0.2, 0) is 0 Å². The molecule has 0 aromatic carbocycles. The number of halogens is 1. The molecule has 0 N–H and O–H groups in total. The van der Waals surface area contributed by atoms with Crippen LogP contribution in [0.5, 0.6) is 0 Å². The number of rotatable bonds is 4. The Morgan fingerprint density at radius 1 is 1.71 bits per heavy atom. The summed E-state index contributed by atoms with van der Waals surface area (Å²) in [5.41, 5.74) is -0.382. The van der Waals surface area contributed by atoms with Gasteiger partial charge < -0.3 is 0 Å². The fourth-order valence-corrected chi connectivity index (χ4v) is 1.58. The smallest absolute Gasteiger partial charge is 0.258 e. The summed E-state index contributed by atoms with van der Waals surface area (Å²) in [7, 11) is 0. The Kier molecular flexibility index (Phi) is 4.09. The summed E-state index contributed by atoms with van der Waals surface area (Å²) < 4.78 is 0. The van der Waals surface area contributed by atoms with Gasteiger partial charge >= 0.3 is 5.69 Å².